The molecule has 1 unspecified atom stereocenters. The molecule has 0 heterocycles. The monoisotopic (exact) mass is 192 g/mol. The van der Waals surface area contributed by atoms with Gasteiger partial charge < -0.3 is 14.3 Å². The minimum Gasteiger partial charge on any atom is -0.465 e. The quantitative estimate of drug-likeness (QED) is 0.407. The molecule has 0 bridgehead atoms. The third kappa shape index (κ3) is 3.84. The van der Waals surface area contributed by atoms with Gasteiger partial charge in [0.1, 0.15) is 0 Å². The lowest BCUT2D eigenvalue weighted by atomic mass is 10.3. The van der Waals surface area contributed by atoms with Crippen LogP contribution in [0.3, 0.4) is 0 Å². The number of methoxy groups -OCH3 is 1. The summed E-state index contributed by atoms with van der Waals surface area (Å²) in [5.74, 6) is -2.57. The fraction of sp³-hybridized carbons (Fsp3) is 0.857. The van der Waals surface area contributed by atoms with E-state index in [2.05, 4.69) is 4.74 Å². The van der Waals surface area contributed by atoms with E-state index in [1.807, 2.05) is 19.6 Å². The Labute approximate surface area is 73.6 Å². The van der Waals surface area contributed by atoms with Crippen LogP contribution in [0.15, 0.2) is 0 Å². The first kappa shape index (κ1) is 11.6. The van der Waals surface area contributed by atoms with E-state index >= 15 is 0 Å². The van der Waals surface area contributed by atoms with E-state index < -0.39 is 20.1 Å². The standard InChI is InChI=1S/C7H16O4Si/c1-7(9,6(8)10-2)11-12(3,4)5/h9H,1-5H3. The van der Waals surface area contributed by atoms with Crippen molar-refractivity contribution in [1.82, 2.24) is 0 Å². The fourth-order valence-corrected chi connectivity index (χ4v) is 2.10. The molecule has 0 rings (SSSR count). The Bertz CT molecular complexity index is 171. The normalized spacial score (nSPS) is 16.8. The summed E-state index contributed by atoms with van der Waals surface area (Å²) >= 11 is 0. The Balaban J connectivity index is 4.32. The summed E-state index contributed by atoms with van der Waals surface area (Å²) in [5, 5.41) is 9.46. The largest absolute Gasteiger partial charge is 0.465 e. The van der Waals surface area contributed by atoms with E-state index in [0.29, 0.717) is 0 Å². The Morgan fingerprint density at radius 2 is 1.83 bits per heavy atom. The topological polar surface area (TPSA) is 55.8 Å². The van der Waals surface area contributed by atoms with E-state index in [9.17, 15) is 9.90 Å². The molecule has 4 nitrogen and oxygen atoms in total. The molecule has 5 heteroatoms. The van der Waals surface area contributed by atoms with Crippen LogP contribution in [0.25, 0.3) is 0 Å². The van der Waals surface area contributed by atoms with Gasteiger partial charge in [0, 0.05) is 6.92 Å². The van der Waals surface area contributed by atoms with Crippen molar-refractivity contribution in [2.75, 3.05) is 7.11 Å². The van der Waals surface area contributed by atoms with Crippen molar-refractivity contribution in [1.29, 1.82) is 0 Å². The van der Waals surface area contributed by atoms with E-state index in [1.54, 1.807) is 0 Å². The van der Waals surface area contributed by atoms with Crippen LogP contribution in [0.5, 0.6) is 0 Å². The number of hydrogen-bond acceptors (Lipinski definition) is 4. The summed E-state index contributed by atoms with van der Waals surface area (Å²) in [4.78, 5) is 10.9. The van der Waals surface area contributed by atoms with Crippen molar-refractivity contribution in [3.8, 4) is 0 Å². The van der Waals surface area contributed by atoms with Gasteiger partial charge in [0.25, 0.3) is 5.79 Å². The van der Waals surface area contributed by atoms with E-state index in [4.69, 9.17) is 4.43 Å². The third-order valence-electron chi connectivity index (χ3n) is 1.07. The molecular formula is C7H16O4Si. The number of esters is 1. The number of carbonyl (C=O) groups is 1. The molecule has 1 atom stereocenters. The lowest BCUT2D eigenvalue weighted by Crippen LogP contribution is -2.46. The number of aliphatic hydroxyl groups is 1. The Kier molecular flexibility index (Phi) is 3.43. The van der Waals surface area contributed by atoms with Crippen molar-refractivity contribution in [2.24, 2.45) is 0 Å². The predicted octanol–water partition coefficient (Wildman–Crippen LogP) is 0.719. The molecule has 0 aromatic carbocycles. The summed E-state index contributed by atoms with van der Waals surface area (Å²) < 4.78 is 9.57. The van der Waals surface area contributed by atoms with Gasteiger partial charge in [-0.3, -0.25) is 0 Å². The van der Waals surface area contributed by atoms with Crippen molar-refractivity contribution < 1.29 is 19.1 Å². The van der Waals surface area contributed by atoms with Gasteiger partial charge in [0.2, 0.25) is 0 Å². The van der Waals surface area contributed by atoms with Crippen LogP contribution in [0, 0.1) is 0 Å². The van der Waals surface area contributed by atoms with Gasteiger partial charge in [0.05, 0.1) is 7.11 Å². The zero-order chi connectivity index (χ0) is 9.99. The SMILES string of the molecule is COC(=O)C(C)(O)O[Si](C)(C)C. The number of hydrogen-bond donors (Lipinski definition) is 1. The molecular weight excluding hydrogens is 176 g/mol. The van der Waals surface area contributed by atoms with Crippen LogP contribution in [0.1, 0.15) is 6.92 Å². The Hall–Kier alpha value is -0.393. The summed E-state index contributed by atoms with van der Waals surface area (Å²) in [7, 11) is -0.710. The highest BCUT2D eigenvalue weighted by molar-refractivity contribution is 6.70. The van der Waals surface area contributed by atoms with Gasteiger partial charge in [-0.15, -0.1) is 0 Å². The predicted molar refractivity (Wildman–Crippen MR) is 47.1 cm³/mol. The molecule has 0 aromatic rings. The summed E-state index contributed by atoms with van der Waals surface area (Å²) in [6, 6.07) is 0. The molecule has 0 amide bonds. The zero-order valence-electron chi connectivity index (χ0n) is 8.17. The lowest BCUT2D eigenvalue weighted by molar-refractivity contribution is -0.194. The highest BCUT2D eigenvalue weighted by Crippen LogP contribution is 2.15. The zero-order valence-corrected chi connectivity index (χ0v) is 9.17. The van der Waals surface area contributed by atoms with Crippen molar-refractivity contribution >= 4 is 14.3 Å². The van der Waals surface area contributed by atoms with E-state index in [1.165, 1.54) is 14.0 Å². The highest BCUT2D eigenvalue weighted by atomic mass is 28.4. The van der Waals surface area contributed by atoms with Crippen LogP contribution in [-0.4, -0.2) is 32.3 Å². The summed E-state index contributed by atoms with van der Waals surface area (Å²) in [6.45, 7) is 6.93. The molecule has 0 saturated heterocycles. The molecule has 0 saturated carbocycles. The first-order valence-electron chi connectivity index (χ1n) is 3.70. The van der Waals surface area contributed by atoms with Crippen molar-refractivity contribution in [3.05, 3.63) is 0 Å². The molecule has 0 radical (unpaired) electrons. The van der Waals surface area contributed by atoms with Crippen molar-refractivity contribution in [2.45, 2.75) is 32.4 Å². The van der Waals surface area contributed by atoms with Gasteiger partial charge in [-0.05, 0) is 19.6 Å². The fourth-order valence-electron chi connectivity index (χ4n) is 0.827. The first-order valence-corrected chi connectivity index (χ1v) is 7.11. The van der Waals surface area contributed by atoms with Crippen molar-refractivity contribution in [3.63, 3.8) is 0 Å². The summed E-state index contributed by atoms with van der Waals surface area (Å²) in [5.41, 5.74) is 0. The molecule has 0 aliphatic rings. The molecule has 0 aliphatic carbocycles. The molecule has 1 N–H and O–H groups in total. The van der Waals surface area contributed by atoms with Gasteiger partial charge >= 0.3 is 5.97 Å². The average Bonchev–Trinajstić information content (AvgIpc) is 1.80. The second-order valence-electron chi connectivity index (χ2n) is 3.69. The van der Waals surface area contributed by atoms with Crippen LogP contribution < -0.4 is 0 Å². The lowest BCUT2D eigenvalue weighted by Gasteiger charge is -2.28. The van der Waals surface area contributed by atoms with Gasteiger partial charge in [-0.2, -0.15) is 0 Å². The second kappa shape index (κ2) is 3.55. The molecule has 0 aromatic heterocycles. The maximum absolute atomic E-state index is 10.9. The second-order valence-corrected chi connectivity index (χ2v) is 8.12. The minimum atomic E-state index is -1.92. The summed E-state index contributed by atoms with van der Waals surface area (Å²) in [6.07, 6.45) is 0. The smallest absolute Gasteiger partial charge is 0.365 e. The van der Waals surface area contributed by atoms with Crippen LogP contribution in [-0.2, 0) is 14.0 Å². The molecule has 0 spiro atoms. The van der Waals surface area contributed by atoms with E-state index in [0.717, 1.165) is 0 Å². The number of carbonyl (C=O) groups excluding carboxylic acids is 1. The Morgan fingerprint density at radius 3 is 2.08 bits per heavy atom. The molecule has 0 fully saturated rings. The van der Waals surface area contributed by atoms with Crippen LogP contribution >= 0.6 is 0 Å². The third-order valence-corrected chi connectivity index (χ3v) is 2.08. The van der Waals surface area contributed by atoms with E-state index in [-0.39, 0.29) is 0 Å². The molecule has 12 heavy (non-hydrogen) atoms. The number of ether oxygens (including phenoxy) is 1. The van der Waals surface area contributed by atoms with Crippen LogP contribution in [0.2, 0.25) is 19.6 Å². The van der Waals surface area contributed by atoms with Gasteiger partial charge in [0.15, 0.2) is 8.32 Å². The maximum Gasteiger partial charge on any atom is 0.365 e. The van der Waals surface area contributed by atoms with Crippen LogP contribution in [0.4, 0.5) is 0 Å². The molecule has 0 aliphatic heterocycles. The Morgan fingerprint density at radius 1 is 1.42 bits per heavy atom. The highest BCUT2D eigenvalue weighted by Gasteiger charge is 2.37. The number of rotatable bonds is 3. The minimum absolute atomic E-state index is 0.759. The maximum atomic E-state index is 10.9. The first-order chi connectivity index (χ1) is 5.19. The average molecular weight is 192 g/mol. The van der Waals surface area contributed by atoms with Gasteiger partial charge in [-0.1, -0.05) is 0 Å². The molecule has 72 valence electrons. The van der Waals surface area contributed by atoms with Gasteiger partial charge in [-0.25, -0.2) is 4.79 Å².